The van der Waals surface area contributed by atoms with Crippen LogP contribution in [0.25, 0.3) is 16.6 Å². The van der Waals surface area contributed by atoms with Crippen molar-refractivity contribution < 1.29 is 0 Å². The summed E-state index contributed by atoms with van der Waals surface area (Å²) in [4.78, 5) is 17.4. The van der Waals surface area contributed by atoms with Crippen LogP contribution in [-0.2, 0) is 0 Å². The summed E-state index contributed by atoms with van der Waals surface area (Å²) in [6.45, 7) is 1.80. The van der Waals surface area contributed by atoms with Gasteiger partial charge in [0.25, 0.3) is 5.56 Å². The summed E-state index contributed by atoms with van der Waals surface area (Å²) in [5, 5.41) is 0.804. The summed E-state index contributed by atoms with van der Waals surface area (Å²) in [6, 6.07) is 14.2. The second kappa shape index (κ2) is 5.31. The van der Waals surface area contributed by atoms with Crippen molar-refractivity contribution in [1.82, 2.24) is 9.55 Å². The van der Waals surface area contributed by atoms with Crippen LogP contribution in [0.3, 0.4) is 0 Å². The monoisotopic (exact) mass is 299 g/mol. The highest BCUT2D eigenvalue weighted by Gasteiger charge is 2.16. The van der Waals surface area contributed by atoms with E-state index in [0.29, 0.717) is 21.7 Å². The van der Waals surface area contributed by atoms with E-state index >= 15 is 0 Å². The first-order valence-corrected chi connectivity index (χ1v) is 6.99. The molecule has 0 fully saturated rings. The zero-order valence-corrected chi connectivity index (χ0v) is 12.2. The van der Waals surface area contributed by atoms with Gasteiger partial charge in [-0.2, -0.15) is 0 Å². The predicted octanol–water partition coefficient (Wildman–Crippen LogP) is 3.06. The molecule has 4 nitrogen and oxygen atoms in total. The van der Waals surface area contributed by atoms with Crippen LogP contribution in [0.15, 0.2) is 53.3 Å². The van der Waals surface area contributed by atoms with Gasteiger partial charge in [-0.1, -0.05) is 35.9 Å². The molecule has 1 atom stereocenters. The van der Waals surface area contributed by atoms with Crippen molar-refractivity contribution >= 4 is 22.5 Å². The zero-order chi connectivity index (χ0) is 15.0. The van der Waals surface area contributed by atoms with Gasteiger partial charge in [0, 0.05) is 0 Å². The summed E-state index contributed by atoms with van der Waals surface area (Å²) in [7, 11) is 0. The first-order chi connectivity index (χ1) is 10.1. The van der Waals surface area contributed by atoms with Crippen molar-refractivity contribution in [3.63, 3.8) is 0 Å². The van der Waals surface area contributed by atoms with Crippen LogP contribution < -0.4 is 11.3 Å². The van der Waals surface area contributed by atoms with Crippen LogP contribution in [0.5, 0.6) is 0 Å². The highest BCUT2D eigenvalue weighted by Crippen LogP contribution is 2.21. The Bertz CT molecular complexity index is 857. The van der Waals surface area contributed by atoms with E-state index in [2.05, 4.69) is 4.98 Å². The standard InChI is InChI=1S/C16H14ClN3O/c1-10(18)15-19-13-9-5-8-12(17)14(13)16(21)20(15)11-6-3-2-4-7-11/h2-10H,18H2,1H3/t10-/m0/s1. The van der Waals surface area contributed by atoms with Crippen LogP contribution in [-0.4, -0.2) is 9.55 Å². The number of nitrogens with two attached hydrogens (primary N) is 1. The van der Waals surface area contributed by atoms with Gasteiger partial charge in [-0.3, -0.25) is 9.36 Å². The van der Waals surface area contributed by atoms with Crippen LogP contribution in [0, 0.1) is 0 Å². The molecular weight excluding hydrogens is 286 g/mol. The van der Waals surface area contributed by atoms with Crippen LogP contribution in [0.1, 0.15) is 18.8 Å². The molecule has 1 heterocycles. The van der Waals surface area contributed by atoms with E-state index in [9.17, 15) is 4.79 Å². The Hall–Kier alpha value is -2.17. The van der Waals surface area contributed by atoms with Gasteiger partial charge in [0.05, 0.1) is 27.7 Å². The molecule has 21 heavy (non-hydrogen) atoms. The van der Waals surface area contributed by atoms with Gasteiger partial charge < -0.3 is 5.73 Å². The van der Waals surface area contributed by atoms with Gasteiger partial charge in [0.15, 0.2) is 0 Å². The predicted molar refractivity (Wildman–Crippen MR) is 85.0 cm³/mol. The Balaban J connectivity index is 2.47. The van der Waals surface area contributed by atoms with Crippen LogP contribution in [0.4, 0.5) is 0 Å². The molecule has 106 valence electrons. The number of nitrogens with zero attached hydrogens (tertiary/aromatic N) is 2. The lowest BCUT2D eigenvalue weighted by molar-refractivity contribution is 0.696. The molecule has 0 radical (unpaired) electrons. The normalized spacial score (nSPS) is 12.5. The zero-order valence-electron chi connectivity index (χ0n) is 11.5. The largest absolute Gasteiger partial charge is 0.322 e. The summed E-state index contributed by atoms with van der Waals surface area (Å²) < 4.78 is 1.53. The minimum atomic E-state index is -0.374. The van der Waals surface area contributed by atoms with E-state index in [1.807, 2.05) is 30.3 Å². The molecule has 0 amide bonds. The summed E-state index contributed by atoms with van der Waals surface area (Å²) >= 11 is 6.17. The van der Waals surface area contributed by atoms with Gasteiger partial charge in [-0.25, -0.2) is 4.98 Å². The fourth-order valence-electron chi connectivity index (χ4n) is 2.34. The molecule has 0 aliphatic rings. The molecule has 0 unspecified atom stereocenters. The molecule has 2 aromatic carbocycles. The minimum Gasteiger partial charge on any atom is -0.322 e. The van der Waals surface area contributed by atoms with Crippen LogP contribution >= 0.6 is 11.6 Å². The lowest BCUT2D eigenvalue weighted by atomic mass is 10.2. The molecular formula is C16H14ClN3O. The van der Waals surface area contributed by atoms with Crippen molar-refractivity contribution in [3.05, 3.63) is 69.7 Å². The maximum atomic E-state index is 12.9. The van der Waals surface area contributed by atoms with Gasteiger partial charge in [-0.05, 0) is 31.2 Å². The highest BCUT2D eigenvalue weighted by molar-refractivity contribution is 6.35. The Morgan fingerprint density at radius 3 is 2.52 bits per heavy atom. The highest BCUT2D eigenvalue weighted by atomic mass is 35.5. The maximum absolute atomic E-state index is 12.9. The van der Waals surface area contributed by atoms with E-state index < -0.39 is 0 Å². The van der Waals surface area contributed by atoms with E-state index in [0.717, 1.165) is 5.69 Å². The molecule has 0 aliphatic carbocycles. The third kappa shape index (κ3) is 2.33. The van der Waals surface area contributed by atoms with E-state index in [1.54, 1.807) is 25.1 Å². The third-order valence-electron chi connectivity index (χ3n) is 3.29. The van der Waals surface area contributed by atoms with Gasteiger partial charge in [-0.15, -0.1) is 0 Å². The molecule has 0 bridgehead atoms. The molecule has 0 saturated heterocycles. The smallest absolute Gasteiger partial charge is 0.267 e. The van der Waals surface area contributed by atoms with E-state index in [1.165, 1.54) is 4.57 Å². The Kier molecular flexibility index (Phi) is 3.49. The van der Waals surface area contributed by atoms with Crippen molar-refractivity contribution in [2.24, 2.45) is 5.73 Å². The van der Waals surface area contributed by atoms with Crippen molar-refractivity contribution in [3.8, 4) is 5.69 Å². The summed E-state index contributed by atoms with van der Waals surface area (Å²) in [5.41, 5.74) is 7.08. The van der Waals surface area contributed by atoms with Gasteiger partial charge in [0.2, 0.25) is 0 Å². The SMILES string of the molecule is C[C@H](N)c1nc2cccc(Cl)c2c(=O)n1-c1ccccc1. The first-order valence-electron chi connectivity index (χ1n) is 6.62. The minimum absolute atomic E-state index is 0.205. The number of hydrogen-bond donors (Lipinski definition) is 1. The molecule has 0 saturated carbocycles. The second-order valence-electron chi connectivity index (χ2n) is 4.87. The average molecular weight is 300 g/mol. The van der Waals surface area contributed by atoms with E-state index in [-0.39, 0.29) is 11.6 Å². The Morgan fingerprint density at radius 1 is 1.14 bits per heavy atom. The molecule has 5 heteroatoms. The molecule has 2 N–H and O–H groups in total. The van der Waals surface area contributed by atoms with Gasteiger partial charge in [0.1, 0.15) is 5.82 Å². The topological polar surface area (TPSA) is 60.9 Å². The van der Waals surface area contributed by atoms with Gasteiger partial charge >= 0.3 is 0 Å². The van der Waals surface area contributed by atoms with E-state index in [4.69, 9.17) is 17.3 Å². The molecule has 3 rings (SSSR count). The summed E-state index contributed by atoms with van der Waals surface area (Å²) in [5.74, 6) is 0.515. The number of halogens is 1. The quantitative estimate of drug-likeness (QED) is 0.791. The average Bonchev–Trinajstić information content (AvgIpc) is 2.47. The second-order valence-corrected chi connectivity index (χ2v) is 5.28. The van der Waals surface area contributed by atoms with Crippen molar-refractivity contribution in [1.29, 1.82) is 0 Å². The number of benzene rings is 2. The van der Waals surface area contributed by atoms with Crippen molar-refractivity contribution in [2.45, 2.75) is 13.0 Å². The van der Waals surface area contributed by atoms with Crippen molar-refractivity contribution in [2.75, 3.05) is 0 Å². The lowest BCUT2D eigenvalue weighted by Crippen LogP contribution is -2.27. The number of aromatic nitrogens is 2. The Labute approximate surface area is 126 Å². The number of fused-ring (bicyclic) bond motifs is 1. The molecule has 0 aliphatic heterocycles. The fourth-order valence-corrected chi connectivity index (χ4v) is 2.59. The lowest BCUT2D eigenvalue weighted by Gasteiger charge is -2.16. The Morgan fingerprint density at radius 2 is 1.86 bits per heavy atom. The number of para-hydroxylation sites is 1. The fraction of sp³-hybridized carbons (Fsp3) is 0.125. The molecule has 3 aromatic rings. The maximum Gasteiger partial charge on any atom is 0.267 e. The first kappa shape index (κ1) is 13.8. The molecule has 1 aromatic heterocycles. The molecule has 0 spiro atoms. The van der Waals surface area contributed by atoms with Crippen LogP contribution in [0.2, 0.25) is 5.02 Å². The summed E-state index contributed by atoms with van der Waals surface area (Å²) in [6.07, 6.45) is 0. The number of hydrogen-bond acceptors (Lipinski definition) is 3. The third-order valence-corrected chi connectivity index (χ3v) is 3.61. The number of rotatable bonds is 2.